The molecule has 11 atom stereocenters. The van der Waals surface area contributed by atoms with Crippen LogP contribution in [0.25, 0.3) is 0 Å². The quantitative estimate of drug-likeness (QED) is 0.107. The number of cyclic esters (lactones) is 2. The second kappa shape index (κ2) is 29.2. The van der Waals surface area contributed by atoms with Gasteiger partial charge in [0.2, 0.25) is 29.5 Å². The van der Waals surface area contributed by atoms with Crippen molar-refractivity contribution in [3.63, 3.8) is 0 Å². The first-order chi connectivity index (χ1) is 36.3. The lowest BCUT2D eigenvalue weighted by molar-refractivity contribution is -0.163. The predicted molar refractivity (Wildman–Crippen MR) is 285 cm³/mol. The molecule has 6 amide bonds. The predicted octanol–water partition coefficient (Wildman–Crippen LogP) is 4.75. The molecule has 2 aromatic carbocycles. The van der Waals surface area contributed by atoms with Crippen LogP contribution in [0.1, 0.15) is 119 Å². The lowest BCUT2D eigenvalue weighted by Crippen LogP contribution is -2.61. The van der Waals surface area contributed by atoms with Crippen molar-refractivity contribution in [2.75, 3.05) is 27.7 Å². The van der Waals surface area contributed by atoms with Crippen molar-refractivity contribution < 1.29 is 67.2 Å². The molecule has 0 unspecified atom stereocenters. The third kappa shape index (κ3) is 17.5. The number of esters is 2. The zero-order chi connectivity index (χ0) is 57.4. The zero-order valence-electron chi connectivity index (χ0n) is 47.2. The summed E-state index contributed by atoms with van der Waals surface area (Å²) in [6.45, 7) is 17.0. The molecule has 426 valence electrons. The van der Waals surface area contributed by atoms with E-state index in [0.717, 1.165) is 4.90 Å². The standard InChI is InChI=1S/C57H84N6O14/c1-14-35(8)47-45(64)30-46(65)77-50(34(6)7)49(66)36(9)51(67)58-41(27-32(2)3)54(70)63-26-18-21-42(63)55(71)61(11)44(29-38-22-24-40(74-13)25-23-38)56(72)76-37(10)48(53(69)59-47)60-52(68)43(28-33(4)5)62(12)57(73)75-31-39-19-16-15-17-20-39/h15-17,19-20,22-25,32-37,41-45,47-48,50,64H,14,18,21,26-31H2,1-13H3,(H,58,67)(H,59,69)(H,60,68)/t35-,36-,37+,41-,42-,43+,44-,45+,47+,48+,50-/m0/s1. The zero-order valence-corrected chi connectivity index (χ0v) is 47.2. The van der Waals surface area contributed by atoms with Crippen molar-refractivity contribution in [2.45, 2.75) is 175 Å². The summed E-state index contributed by atoms with van der Waals surface area (Å²) in [4.78, 5) is 133. The number of benzene rings is 2. The average Bonchev–Trinajstić information content (AvgIpc) is 3.89. The van der Waals surface area contributed by atoms with Gasteiger partial charge in [0.15, 0.2) is 11.9 Å². The van der Waals surface area contributed by atoms with Crippen molar-refractivity contribution in [1.29, 1.82) is 0 Å². The van der Waals surface area contributed by atoms with Gasteiger partial charge in [0.05, 0.1) is 31.6 Å². The van der Waals surface area contributed by atoms with Crippen molar-refractivity contribution in [3.8, 4) is 5.75 Å². The highest BCUT2D eigenvalue weighted by atomic mass is 16.6. The Balaban J connectivity index is 1.86. The Morgan fingerprint density at radius 1 is 0.857 bits per heavy atom. The summed E-state index contributed by atoms with van der Waals surface area (Å²) in [5.74, 6) is -8.77. The van der Waals surface area contributed by atoms with Gasteiger partial charge in [-0.05, 0) is 86.5 Å². The Morgan fingerprint density at radius 2 is 1.51 bits per heavy atom. The molecule has 4 rings (SSSR count). The number of carbonyl (C=O) groups excluding carboxylic acids is 9. The van der Waals surface area contributed by atoms with E-state index in [-0.39, 0.29) is 50.7 Å². The molecule has 2 fully saturated rings. The Kier molecular flexibility index (Phi) is 23.9. The Labute approximate surface area is 454 Å². The number of ketones is 1. The molecule has 2 heterocycles. The molecule has 2 aliphatic heterocycles. The van der Waals surface area contributed by atoms with Crippen LogP contribution in [0.5, 0.6) is 5.75 Å². The molecule has 0 aromatic heterocycles. The lowest BCUT2D eigenvalue weighted by Gasteiger charge is -2.36. The number of carbonyl (C=O) groups is 9. The van der Waals surface area contributed by atoms with Crippen molar-refractivity contribution in [3.05, 3.63) is 65.7 Å². The normalized spacial score (nSPS) is 25.6. The summed E-state index contributed by atoms with van der Waals surface area (Å²) < 4.78 is 22.8. The fourth-order valence-electron chi connectivity index (χ4n) is 9.55. The Hall–Kier alpha value is -6.57. The van der Waals surface area contributed by atoms with Crippen molar-refractivity contribution in [2.24, 2.45) is 29.6 Å². The molecule has 20 nitrogen and oxygen atoms in total. The number of nitrogens with one attached hydrogen (secondary N) is 3. The molecule has 20 heteroatoms. The van der Waals surface area contributed by atoms with E-state index in [2.05, 4.69) is 16.0 Å². The van der Waals surface area contributed by atoms with Gasteiger partial charge in [-0.15, -0.1) is 0 Å². The topological polar surface area (TPSA) is 257 Å². The van der Waals surface area contributed by atoms with Gasteiger partial charge in [0, 0.05) is 27.1 Å². The first-order valence-corrected chi connectivity index (χ1v) is 27.0. The van der Waals surface area contributed by atoms with E-state index in [1.165, 1.54) is 44.9 Å². The van der Waals surface area contributed by atoms with Crippen LogP contribution in [-0.2, 0) is 65.6 Å². The minimum absolute atomic E-state index is 0.0856. The number of Topliss-reactive ketones (excluding diaryl/α,β-unsaturated/α-hetero) is 1. The SMILES string of the molecule is CC[C@H](C)[C@H]1NC(=O)[C@H](NC(=O)[C@@H](CC(C)C)N(C)C(=O)OCc2ccccc2)[C@@H](C)OC(=O)[C@H](Cc2ccc(OC)cc2)N(C)C(=O)[C@@H]2CCCN2C(=O)[C@H](CC(C)C)NC(=O)[C@@H](C)C(=O)[C@H](C(C)C)OC(=O)C[C@H]1O. The van der Waals surface area contributed by atoms with E-state index in [1.807, 2.05) is 33.8 Å². The highest BCUT2D eigenvalue weighted by Gasteiger charge is 2.45. The summed E-state index contributed by atoms with van der Waals surface area (Å²) in [5.41, 5.74) is 1.30. The molecule has 2 aromatic rings. The van der Waals surface area contributed by atoms with Crippen LogP contribution >= 0.6 is 0 Å². The monoisotopic (exact) mass is 1080 g/mol. The maximum absolute atomic E-state index is 14.9. The van der Waals surface area contributed by atoms with Gasteiger partial charge in [0.25, 0.3) is 0 Å². The van der Waals surface area contributed by atoms with Gasteiger partial charge >= 0.3 is 18.0 Å². The number of likely N-dealkylation sites (N-methyl/N-ethyl adjacent to an activating group) is 2. The second-order valence-corrected chi connectivity index (χ2v) is 21.8. The van der Waals surface area contributed by atoms with Crippen molar-refractivity contribution in [1.82, 2.24) is 30.7 Å². The number of hydrogen-bond donors (Lipinski definition) is 4. The number of aliphatic hydroxyl groups is 1. The van der Waals surface area contributed by atoms with Gasteiger partial charge in [-0.3, -0.25) is 38.5 Å². The second-order valence-electron chi connectivity index (χ2n) is 21.8. The van der Waals surface area contributed by atoms with Crippen LogP contribution in [-0.4, -0.2) is 155 Å². The van der Waals surface area contributed by atoms with E-state index in [4.69, 9.17) is 18.9 Å². The van der Waals surface area contributed by atoms with E-state index >= 15 is 0 Å². The summed E-state index contributed by atoms with van der Waals surface area (Å²) in [6.07, 6.45) is -4.96. The molecule has 0 spiro atoms. The molecule has 0 radical (unpaired) electrons. The molecule has 2 saturated heterocycles. The van der Waals surface area contributed by atoms with E-state index in [1.54, 1.807) is 76.2 Å². The molecule has 0 bridgehead atoms. The lowest BCUT2D eigenvalue weighted by atomic mass is 9.91. The third-order valence-electron chi connectivity index (χ3n) is 14.4. The van der Waals surface area contributed by atoms with Gasteiger partial charge in [-0.1, -0.05) is 104 Å². The summed E-state index contributed by atoms with van der Waals surface area (Å²) in [6, 6.07) is 7.97. The summed E-state index contributed by atoms with van der Waals surface area (Å²) in [7, 11) is 4.30. The van der Waals surface area contributed by atoms with Crippen LogP contribution < -0.4 is 20.7 Å². The number of nitrogens with zero attached hydrogens (tertiary/aromatic N) is 3. The van der Waals surface area contributed by atoms with Crippen LogP contribution in [0.4, 0.5) is 4.79 Å². The minimum atomic E-state index is -1.72. The van der Waals surface area contributed by atoms with Crippen molar-refractivity contribution >= 4 is 53.4 Å². The molecule has 0 aliphatic carbocycles. The van der Waals surface area contributed by atoms with Gasteiger partial charge < -0.3 is 49.8 Å². The first kappa shape index (κ1) is 63.0. The Morgan fingerprint density at radius 3 is 2.09 bits per heavy atom. The maximum atomic E-state index is 14.9. The summed E-state index contributed by atoms with van der Waals surface area (Å²) in [5, 5.41) is 20.1. The summed E-state index contributed by atoms with van der Waals surface area (Å²) >= 11 is 0. The Bertz CT molecular complexity index is 2350. The smallest absolute Gasteiger partial charge is 0.410 e. The highest BCUT2D eigenvalue weighted by molar-refractivity contribution is 6.05. The number of rotatable bonds is 15. The molecule has 0 saturated carbocycles. The van der Waals surface area contributed by atoms with Crippen LogP contribution in [0.2, 0.25) is 0 Å². The molecule has 2 aliphatic rings. The van der Waals surface area contributed by atoms with Gasteiger partial charge in [0.1, 0.15) is 48.7 Å². The average molecular weight is 1080 g/mol. The minimum Gasteiger partial charge on any atom is -0.497 e. The van der Waals surface area contributed by atoms with Gasteiger partial charge in [-0.2, -0.15) is 0 Å². The van der Waals surface area contributed by atoms with E-state index < -0.39 is 132 Å². The van der Waals surface area contributed by atoms with E-state index in [9.17, 15) is 48.3 Å². The fourth-order valence-corrected chi connectivity index (χ4v) is 9.55. The largest absolute Gasteiger partial charge is 0.497 e. The molecular weight excluding hydrogens is 993 g/mol. The number of methoxy groups -OCH3 is 1. The van der Waals surface area contributed by atoms with Crippen LogP contribution in [0, 0.1) is 29.6 Å². The molecular formula is C57H84N6O14. The first-order valence-electron chi connectivity index (χ1n) is 27.0. The number of amides is 6. The maximum Gasteiger partial charge on any atom is 0.410 e. The van der Waals surface area contributed by atoms with Crippen LogP contribution in [0.3, 0.4) is 0 Å². The van der Waals surface area contributed by atoms with Crippen LogP contribution in [0.15, 0.2) is 54.6 Å². The molecule has 4 N–H and O–H groups in total. The highest BCUT2D eigenvalue weighted by Crippen LogP contribution is 2.26. The fraction of sp³-hybridized carbons (Fsp3) is 0.632. The number of ether oxygens (including phenoxy) is 4. The number of aliphatic hydroxyl groups excluding tert-OH is 1. The molecule has 77 heavy (non-hydrogen) atoms. The number of hydrogen-bond acceptors (Lipinski definition) is 14. The van der Waals surface area contributed by atoms with E-state index in [0.29, 0.717) is 29.7 Å². The number of fused-ring (bicyclic) bond motifs is 1. The van der Waals surface area contributed by atoms with Gasteiger partial charge in [-0.25, -0.2) is 9.59 Å². The third-order valence-corrected chi connectivity index (χ3v) is 14.4.